The molecule has 0 bridgehead atoms. The fraction of sp³-hybridized carbons (Fsp3) is 0.0909. The zero-order valence-electron chi connectivity index (χ0n) is 8.62. The summed E-state index contributed by atoms with van der Waals surface area (Å²) < 4.78 is 0. The zero-order valence-corrected chi connectivity index (χ0v) is 9.44. The summed E-state index contributed by atoms with van der Waals surface area (Å²) in [7, 11) is 0. The molecular weight excluding hydrogens is 222 g/mol. The van der Waals surface area contributed by atoms with E-state index in [0.717, 1.165) is 21.9 Å². The largest absolute Gasteiger partial charge is 0.298 e. The highest BCUT2D eigenvalue weighted by molar-refractivity contribution is 7.99. The summed E-state index contributed by atoms with van der Waals surface area (Å²) in [6, 6.07) is 3.63. The Bertz CT molecular complexity index is 502. The van der Waals surface area contributed by atoms with Gasteiger partial charge in [0.25, 0.3) is 0 Å². The maximum atomic E-state index is 10.6. The first-order valence-corrected chi connectivity index (χ1v) is 5.47. The lowest BCUT2D eigenvalue weighted by atomic mass is 10.2. The Labute approximate surface area is 97.2 Å². The predicted molar refractivity (Wildman–Crippen MR) is 60.5 cm³/mol. The quantitative estimate of drug-likeness (QED) is 0.598. The molecule has 16 heavy (non-hydrogen) atoms. The van der Waals surface area contributed by atoms with E-state index in [1.807, 2.05) is 19.1 Å². The first-order valence-electron chi connectivity index (χ1n) is 4.65. The number of nitrogens with zero attached hydrogens (tertiary/aromatic N) is 3. The van der Waals surface area contributed by atoms with E-state index in [-0.39, 0.29) is 0 Å². The second-order valence-corrected chi connectivity index (χ2v) is 4.17. The van der Waals surface area contributed by atoms with E-state index < -0.39 is 0 Å². The molecule has 0 saturated heterocycles. The lowest BCUT2D eigenvalue weighted by molar-refractivity contribution is 0.112. The highest BCUT2D eigenvalue weighted by Gasteiger charge is 2.04. The van der Waals surface area contributed by atoms with E-state index in [0.29, 0.717) is 5.56 Å². The number of hydrogen-bond acceptors (Lipinski definition) is 5. The Hall–Kier alpha value is -1.75. The van der Waals surface area contributed by atoms with Crippen LogP contribution in [0.2, 0.25) is 0 Å². The van der Waals surface area contributed by atoms with Gasteiger partial charge in [0.1, 0.15) is 16.4 Å². The van der Waals surface area contributed by atoms with E-state index in [4.69, 9.17) is 0 Å². The van der Waals surface area contributed by atoms with Crippen LogP contribution in [0.3, 0.4) is 0 Å². The van der Waals surface area contributed by atoms with Crippen LogP contribution in [0.1, 0.15) is 15.9 Å². The van der Waals surface area contributed by atoms with E-state index in [1.165, 1.54) is 18.1 Å². The number of aldehydes is 1. The average molecular weight is 231 g/mol. The van der Waals surface area contributed by atoms with Gasteiger partial charge in [0.05, 0.1) is 0 Å². The summed E-state index contributed by atoms with van der Waals surface area (Å²) in [5.74, 6) is 0. The third kappa shape index (κ3) is 2.43. The summed E-state index contributed by atoms with van der Waals surface area (Å²) in [6.07, 6.45) is 5.53. The second kappa shape index (κ2) is 4.85. The molecule has 2 aromatic rings. The molecule has 2 heterocycles. The van der Waals surface area contributed by atoms with Gasteiger partial charge in [-0.3, -0.25) is 4.79 Å². The second-order valence-electron chi connectivity index (χ2n) is 3.16. The molecule has 0 radical (unpaired) electrons. The Kier molecular flexibility index (Phi) is 3.26. The Balaban J connectivity index is 2.25. The lowest BCUT2D eigenvalue weighted by Gasteiger charge is -2.03. The smallest absolute Gasteiger partial charge is 0.151 e. The van der Waals surface area contributed by atoms with Gasteiger partial charge in [-0.1, -0.05) is 0 Å². The Morgan fingerprint density at radius 2 is 2.25 bits per heavy atom. The van der Waals surface area contributed by atoms with Gasteiger partial charge in [0.2, 0.25) is 0 Å². The molecule has 0 aromatic carbocycles. The van der Waals surface area contributed by atoms with Crippen molar-refractivity contribution < 1.29 is 4.79 Å². The molecule has 0 amide bonds. The molecular formula is C11H9N3OS. The van der Waals surface area contributed by atoms with Gasteiger partial charge in [0.15, 0.2) is 6.29 Å². The summed E-state index contributed by atoms with van der Waals surface area (Å²) in [4.78, 5) is 22.7. The van der Waals surface area contributed by atoms with E-state index in [1.54, 1.807) is 12.4 Å². The maximum absolute atomic E-state index is 10.6. The molecule has 4 nitrogen and oxygen atoms in total. The number of aryl methyl sites for hydroxylation is 1. The van der Waals surface area contributed by atoms with Crippen molar-refractivity contribution in [2.24, 2.45) is 0 Å². The van der Waals surface area contributed by atoms with Crippen LogP contribution < -0.4 is 0 Å². The van der Waals surface area contributed by atoms with Crippen LogP contribution in [0.25, 0.3) is 0 Å². The molecule has 2 rings (SSSR count). The normalized spacial score (nSPS) is 10.1. The van der Waals surface area contributed by atoms with Gasteiger partial charge >= 0.3 is 0 Å². The van der Waals surface area contributed by atoms with Crippen molar-refractivity contribution in [1.82, 2.24) is 15.0 Å². The first-order chi connectivity index (χ1) is 7.79. The summed E-state index contributed by atoms with van der Waals surface area (Å²) >= 11 is 1.46. The first kappa shape index (κ1) is 10.8. The van der Waals surface area contributed by atoms with Crippen molar-refractivity contribution in [2.45, 2.75) is 17.0 Å². The molecule has 0 N–H and O–H groups in total. The molecule has 0 atom stereocenters. The van der Waals surface area contributed by atoms with Crippen molar-refractivity contribution >= 4 is 18.0 Å². The molecule has 2 aromatic heterocycles. The van der Waals surface area contributed by atoms with Crippen LogP contribution in [-0.4, -0.2) is 21.2 Å². The lowest BCUT2D eigenvalue weighted by Crippen LogP contribution is -1.90. The number of carbonyl (C=O) groups is 1. The highest BCUT2D eigenvalue weighted by Crippen LogP contribution is 2.26. The van der Waals surface area contributed by atoms with Crippen molar-refractivity contribution in [2.75, 3.05) is 0 Å². The van der Waals surface area contributed by atoms with Gasteiger partial charge in [-0.2, -0.15) is 0 Å². The van der Waals surface area contributed by atoms with Crippen LogP contribution in [-0.2, 0) is 0 Å². The molecule has 5 heteroatoms. The molecule has 0 aliphatic rings. The van der Waals surface area contributed by atoms with Gasteiger partial charge in [-0.05, 0) is 36.4 Å². The van der Waals surface area contributed by atoms with Gasteiger partial charge in [0, 0.05) is 18.0 Å². The zero-order chi connectivity index (χ0) is 11.4. The minimum Gasteiger partial charge on any atom is -0.298 e. The third-order valence-corrected chi connectivity index (χ3v) is 3.01. The SMILES string of the molecule is Cc1cc(C=O)cnc1Sc1ccncn1. The van der Waals surface area contributed by atoms with E-state index >= 15 is 0 Å². The summed E-state index contributed by atoms with van der Waals surface area (Å²) in [6.45, 7) is 1.92. The molecule has 0 aliphatic heterocycles. The Morgan fingerprint density at radius 1 is 1.38 bits per heavy atom. The minimum absolute atomic E-state index is 0.588. The van der Waals surface area contributed by atoms with Gasteiger partial charge in [-0.15, -0.1) is 0 Å². The predicted octanol–water partition coefficient (Wildman–Crippen LogP) is 2.14. The third-order valence-electron chi connectivity index (χ3n) is 1.94. The number of pyridine rings is 1. The summed E-state index contributed by atoms with van der Waals surface area (Å²) in [5.41, 5.74) is 1.55. The number of carbonyl (C=O) groups excluding carboxylic acids is 1. The van der Waals surface area contributed by atoms with E-state index in [9.17, 15) is 4.79 Å². The van der Waals surface area contributed by atoms with Crippen molar-refractivity contribution in [3.63, 3.8) is 0 Å². The average Bonchev–Trinajstić information content (AvgIpc) is 2.33. The molecule has 0 unspecified atom stereocenters. The van der Waals surface area contributed by atoms with Crippen LogP contribution >= 0.6 is 11.8 Å². The van der Waals surface area contributed by atoms with E-state index in [2.05, 4.69) is 15.0 Å². The number of aromatic nitrogens is 3. The topological polar surface area (TPSA) is 55.7 Å². The standard InChI is InChI=1S/C11H9N3OS/c1-8-4-9(6-15)5-13-11(8)16-10-2-3-12-7-14-10/h2-7H,1H3. The highest BCUT2D eigenvalue weighted by atomic mass is 32.2. The minimum atomic E-state index is 0.588. The summed E-state index contributed by atoms with van der Waals surface area (Å²) in [5, 5.41) is 1.69. The van der Waals surface area contributed by atoms with Crippen LogP contribution in [0.4, 0.5) is 0 Å². The van der Waals surface area contributed by atoms with Gasteiger partial charge < -0.3 is 0 Å². The van der Waals surface area contributed by atoms with Crippen molar-refractivity contribution in [1.29, 1.82) is 0 Å². The molecule has 0 spiro atoms. The number of rotatable bonds is 3. The maximum Gasteiger partial charge on any atom is 0.151 e. The van der Waals surface area contributed by atoms with Gasteiger partial charge in [-0.25, -0.2) is 15.0 Å². The fourth-order valence-corrected chi connectivity index (χ4v) is 1.95. The fourth-order valence-electron chi connectivity index (χ4n) is 1.19. The van der Waals surface area contributed by atoms with Crippen molar-refractivity contribution in [3.8, 4) is 0 Å². The monoisotopic (exact) mass is 231 g/mol. The molecule has 0 saturated carbocycles. The van der Waals surface area contributed by atoms with Crippen LogP contribution in [0.15, 0.2) is 40.9 Å². The molecule has 80 valence electrons. The molecule has 0 aliphatic carbocycles. The number of hydrogen-bond donors (Lipinski definition) is 0. The molecule has 0 fully saturated rings. The van der Waals surface area contributed by atoms with Crippen LogP contribution in [0, 0.1) is 6.92 Å². The Morgan fingerprint density at radius 3 is 2.88 bits per heavy atom. The van der Waals surface area contributed by atoms with Crippen molar-refractivity contribution in [3.05, 3.63) is 42.0 Å². The van der Waals surface area contributed by atoms with Crippen LogP contribution in [0.5, 0.6) is 0 Å².